The molecule has 5 nitrogen and oxygen atoms in total. The molecule has 0 saturated carbocycles. The number of benzene rings is 1. The summed E-state index contributed by atoms with van der Waals surface area (Å²) in [7, 11) is -0.627. The van der Waals surface area contributed by atoms with Crippen molar-refractivity contribution in [2.75, 3.05) is 0 Å². The second kappa shape index (κ2) is 4.72. The molecule has 1 aliphatic rings. The van der Waals surface area contributed by atoms with Gasteiger partial charge in [0.1, 0.15) is 6.29 Å². The number of amides is 1. The van der Waals surface area contributed by atoms with Gasteiger partial charge in [0.15, 0.2) is 0 Å². The summed E-state index contributed by atoms with van der Waals surface area (Å²) in [5.41, 5.74) is 5.55. The largest absolute Gasteiger partial charge is 0.494 e. The van der Waals surface area contributed by atoms with Gasteiger partial charge in [-0.1, -0.05) is 6.07 Å². The van der Waals surface area contributed by atoms with E-state index in [0.29, 0.717) is 17.3 Å². The van der Waals surface area contributed by atoms with Crippen LogP contribution in [-0.4, -0.2) is 30.5 Å². The van der Waals surface area contributed by atoms with Gasteiger partial charge in [-0.25, -0.2) is 0 Å². The van der Waals surface area contributed by atoms with Crippen LogP contribution in [0.1, 0.15) is 48.4 Å². The summed E-state index contributed by atoms with van der Waals surface area (Å²) in [4.78, 5) is 22.3. The third-order valence-electron chi connectivity index (χ3n) is 3.92. The minimum absolute atomic E-state index is 0.263. The summed E-state index contributed by atoms with van der Waals surface area (Å²) in [5.74, 6) is -0.591. The molecule has 0 atom stereocenters. The van der Waals surface area contributed by atoms with Gasteiger partial charge < -0.3 is 15.0 Å². The minimum Gasteiger partial charge on any atom is -0.399 e. The summed E-state index contributed by atoms with van der Waals surface area (Å²) in [6.45, 7) is 7.74. The number of aldehydes is 1. The van der Waals surface area contributed by atoms with Crippen LogP contribution in [-0.2, 0) is 9.31 Å². The Kier molecular flexibility index (Phi) is 3.48. The van der Waals surface area contributed by atoms with Crippen LogP contribution in [0.5, 0.6) is 0 Å². The highest BCUT2D eigenvalue weighted by molar-refractivity contribution is 6.62. The zero-order chi connectivity index (χ0) is 15.1. The molecule has 1 fully saturated rings. The molecule has 6 heteroatoms. The Hall–Kier alpha value is -1.66. The first-order chi connectivity index (χ1) is 9.16. The van der Waals surface area contributed by atoms with Crippen molar-refractivity contribution in [3.05, 3.63) is 29.3 Å². The molecule has 106 valence electrons. The fourth-order valence-electron chi connectivity index (χ4n) is 2.00. The normalized spacial score (nSPS) is 19.9. The molecule has 0 spiro atoms. The molecule has 0 aliphatic carbocycles. The van der Waals surface area contributed by atoms with E-state index < -0.39 is 24.2 Å². The van der Waals surface area contributed by atoms with E-state index in [4.69, 9.17) is 15.0 Å². The summed E-state index contributed by atoms with van der Waals surface area (Å²) in [5, 5.41) is 0. The second-order valence-corrected chi connectivity index (χ2v) is 5.96. The second-order valence-electron chi connectivity index (χ2n) is 5.96. The van der Waals surface area contributed by atoms with Crippen molar-refractivity contribution >= 4 is 24.8 Å². The van der Waals surface area contributed by atoms with Crippen LogP contribution in [0.3, 0.4) is 0 Å². The number of primary amides is 1. The Morgan fingerprint density at radius 1 is 1.15 bits per heavy atom. The molecule has 1 saturated heterocycles. The van der Waals surface area contributed by atoms with E-state index in [1.165, 1.54) is 6.07 Å². The topological polar surface area (TPSA) is 78.6 Å². The van der Waals surface area contributed by atoms with Crippen LogP contribution in [0.4, 0.5) is 0 Å². The lowest BCUT2D eigenvalue weighted by Crippen LogP contribution is -2.41. The van der Waals surface area contributed by atoms with Crippen LogP contribution < -0.4 is 11.2 Å². The molecule has 0 bridgehead atoms. The van der Waals surface area contributed by atoms with Crippen LogP contribution in [0.25, 0.3) is 0 Å². The molecule has 1 amide bonds. The molecule has 1 aliphatic heterocycles. The Morgan fingerprint density at radius 3 is 2.15 bits per heavy atom. The first-order valence-corrected chi connectivity index (χ1v) is 6.42. The fraction of sp³-hybridized carbons (Fsp3) is 0.429. The number of hydrogen-bond donors (Lipinski definition) is 1. The Bertz CT molecular complexity index is 552. The highest BCUT2D eigenvalue weighted by Gasteiger charge is 2.51. The lowest BCUT2D eigenvalue weighted by molar-refractivity contribution is 0.00578. The van der Waals surface area contributed by atoms with E-state index in [-0.39, 0.29) is 5.56 Å². The Balaban J connectivity index is 2.42. The molecule has 0 aromatic heterocycles. The molecular formula is C14H18BNO4. The maximum absolute atomic E-state index is 11.3. The zero-order valence-corrected chi connectivity index (χ0v) is 12.1. The predicted octanol–water partition coefficient (Wildman–Crippen LogP) is 0.897. The lowest BCUT2D eigenvalue weighted by Gasteiger charge is -2.32. The van der Waals surface area contributed by atoms with Crippen LogP contribution in [0.15, 0.2) is 18.2 Å². The first-order valence-electron chi connectivity index (χ1n) is 6.42. The summed E-state index contributed by atoms with van der Waals surface area (Å²) >= 11 is 0. The van der Waals surface area contributed by atoms with Crippen molar-refractivity contribution in [3.63, 3.8) is 0 Å². The molecule has 2 N–H and O–H groups in total. The van der Waals surface area contributed by atoms with E-state index in [1.807, 2.05) is 27.7 Å². The molecule has 0 radical (unpaired) electrons. The van der Waals surface area contributed by atoms with Crippen molar-refractivity contribution in [2.45, 2.75) is 38.9 Å². The number of nitrogens with two attached hydrogens (primary N) is 1. The maximum atomic E-state index is 11.3. The average molecular weight is 275 g/mol. The summed E-state index contributed by atoms with van der Waals surface area (Å²) in [6.07, 6.45) is 0.668. The van der Waals surface area contributed by atoms with Crippen molar-refractivity contribution < 1.29 is 18.9 Å². The standard InChI is InChI=1S/C14H18BNO4/c1-13(2)14(3,4)20-15(19-13)11-6-9(8-17)5-10(7-11)12(16)18/h5-8H,1-4H3,(H2,16,18). The fourth-order valence-corrected chi connectivity index (χ4v) is 2.00. The molecule has 0 unspecified atom stereocenters. The predicted molar refractivity (Wildman–Crippen MR) is 76.1 cm³/mol. The van der Waals surface area contributed by atoms with Crippen LogP contribution in [0.2, 0.25) is 0 Å². The van der Waals surface area contributed by atoms with Crippen molar-refractivity contribution in [1.29, 1.82) is 0 Å². The van der Waals surface area contributed by atoms with Gasteiger partial charge in [-0.05, 0) is 45.3 Å². The van der Waals surface area contributed by atoms with Crippen LogP contribution >= 0.6 is 0 Å². The van der Waals surface area contributed by atoms with E-state index in [2.05, 4.69) is 0 Å². The summed E-state index contributed by atoms with van der Waals surface area (Å²) < 4.78 is 11.8. The van der Waals surface area contributed by atoms with Gasteiger partial charge in [0.05, 0.1) is 11.2 Å². The average Bonchev–Trinajstić information content (AvgIpc) is 2.58. The molecule has 20 heavy (non-hydrogen) atoms. The van der Waals surface area contributed by atoms with E-state index >= 15 is 0 Å². The van der Waals surface area contributed by atoms with Gasteiger partial charge in [0.25, 0.3) is 0 Å². The van der Waals surface area contributed by atoms with Gasteiger partial charge in [-0.2, -0.15) is 0 Å². The molecule has 1 aromatic carbocycles. The Labute approximate surface area is 118 Å². The van der Waals surface area contributed by atoms with Crippen molar-refractivity contribution in [2.24, 2.45) is 5.73 Å². The Morgan fingerprint density at radius 2 is 1.70 bits per heavy atom. The monoisotopic (exact) mass is 275 g/mol. The maximum Gasteiger partial charge on any atom is 0.494 e. The molecular weight excluding hydrogens is 257 g/mol. The number of carbonyl (C=O) groups excluding carboxylic acids is 2. The number of hydrogen-bond acceptors (Lipinski definition) is 4. The van der Waals surface area contributed by atoms with Crippen LogP contribution in [0, 0.1) is 0 Å². The van der Waals surface area contributed by atoms with Gasteiger partial charge in [-0.3, -0.25) is 9.59 Å². The van der Waals surface area contributed by atoms with E-state index in [9.17, 15) is 9.59 Å². The first kappa shape index (κ1) is 14.7. The SMILES string of the molecule is CC1(C)OB(c2cc(C=O)cc(C(N)=O)c2)OC1(C)C. The highest BCUT2D eigenvalue weighted by atomic mass is 16.7. The summed E-state index contributed by atoms with van der Waals surface area (Å²) in [6, 6.07) is 4.68. The highest BCUT2D eigenvalue weighted by Crippen LogP contribution is 2.36. The smallest absolute Gasteiger partial charge is 0.399 e. The van der Waals surface area contributed by atoms with Gasteiger partial charge >= 0.3 is 7.12 Å². The van der Waals surface area contributed by atoms with E-state index in [0.717, 1.165) is 0 Å². The number of carbonyl (C=O) groups is 2. The van der Waals surface area contributed by atoms with Gasteiger partial charge in [0, 0.05) is 11.1 Å². The van der Waals surface area contributed by atoms with Gasteiger partial charge in [0.2, 0.25) is 5.91 Å². The zero-order valence-electron chi connectivity index (χ0n) is 12.1. The van der Waals surface area contributed by atoms with Gasteiger partial charge in [-0.15, -0.1) is 0 Å². The molecule has 1 heterocycles. The van der Waals surface area contributed by atoms with E-state index in [1.54, 1.807) is 12.1 Å². The lowest BCUT2D eigenvalue weighted by atomic mass is 9.77. The van der Waals surface area contributed by atoms with Crippen molar-refractivity contribution in [3.8, 4) is 0 Å². The quantitative estimate of drug-likeness (QED) is 0.656. The third-order valence-corrected chi connectivity index (χ3v) is 3.92. The van der Waals surface area contributed by atoms with Crippen molar-refractivity contribution in [1.82, 2.24) is 0 Å². The third kappa shape index (κ3) is 2.49. The molecule has 2 rings (SSSR count). The minimum atomic E-state index is -0.627. The number of rotatable bonds is 3. The molecule has 1 aromatic rings.